The summed E-state index contributed by atoms with van der Waals surface area (Å²) < 4.78 is 26.3. The Morgan fingerprint density at radius 3 is 2.74 bits per heavy atom. The molecule has 0 radical (unpaired) electrons. The fraction of sp³-hybridized carbons (Fsp3) is 0.562. The van der Waals surface area contributed by atoms with Crippen LogP contribution in [0, 0.1) is 0 Å². The van der Waals surface area contributed by atoms with Crippen LogP contribution in [0.2, 0.25) is 0 Å². The van der Waals surface area contributed by atoms with E-state index in [0.717, 1.165) is 25.9 Å². The first kappa shape index (κ1) is 17.9. The molecule has 1 aliphatic heterocycles. The molecule has 1 heterocycles. The highest BCUT2D eigenvalue weighted by Crippen LogP contribution is 2.18. The van der Waals surface area contributed by atoms with Crippen LogP contribution in [-0.2, 0) is 10.0 Å². The summed E-state index contributed by atoms with van der Waals surface area (Å²) in [4.78, 5) is 12.5. The SMILES string of the molecule is CC(C)N(C)S(=O)(=O)c1cccc(C(=O)NC2CCCNC2)c1. The van der Waals surface area contributed by atoms with Gasteiger partial charge < -0.3 is 10.6 Å². The van der Waals surface area contributed by atoms with E-state index in [1.807, 2.05) is 13.8 Å². The molecule has 1 fully saturated rings. The number of piperidine rings is 1. The monoisotopic (exact) mass is 339 g/mol. The Morgan fingerprint density at radius 2 is 2.13 bits per heavy atom. The normalized spacial score (nSPS) is 19.1. The lowest BCUT2D eigenvalue weighted by atomic mass is 10.1. The summed E-state index contributed by atoms with van der Waals surface area (Å²) in [6.45, 7) is 5.34. The van der Waals surface area contributed by atoms with Gasteiger partial charge in [-0.3, -0.25) is 4.79 Å². The Hall–Kier alpha value is -1.44. The van der Waals surface area contributed by atoms with Crippen LogP contribution in [0.3, 0.4) is 0 Å². The first-order chi connectivity index (χ1) is 10.8. The highest BCUT2D eigenvalue weighted by Gasteiger charge is 2.24. The van der Waals surface area contributed by atoms with Crippen LogP contribution in [0.5, 0.6) is 0 Å². The van der Waals surface area contributed by atoms with Crippen LogP contribution in [-0.4, -0.2) is 50.9 Å². The van der Waals surface area contributed by atoms with Gasteiger partial charge in [0.15, 0.2) is 0 Å². The van der Waals surface area contributed by atoms with Gasteiger partial charge in [-0.05, 0) is 51.4 Å². The number of carbonyl (C=O) groups excluding carboxylic acids is 1. The molecule has 1 aliphatic rings. The molecule has 7 heteroatoms. The van der Waals surface area contributed by atoms with Crippen molar-refractivity contribution in [2.75, 3.05) is 20.1 Å². The summed E-state index contributed by atoms with van der Waals surface area (Å²) in [5.41, 5.74) is 0.369. The van der Waals surface area contributed by atoms with Crippen LogP contribution < -0.4 is 10.6 Å². The van der Waals surface area contributed by atoms with Gasteiger partial charge in [-0.15, -0.1) is 0 Å². The molecule has 0 aromatic heterocycles. The van der Waals surface area contributed by atoms with Crippen molar-refractivity contribution < 1.29 is 13.2 Å². The van der Waals surface area contributed by atoms with Crippen molar-refractivity contribution in [2.24, 2.45) is 0 Å². The van der Waals surface area contributed by atoms with E-state index in [4.69, 9.17) is 0 Å². The lowest BCUT2D eigenvalue weighted by Gasteiger charge is -2.24. The maximum Gasteiger partial charge on any atom is 0.251 e. The van der Waals surface area contributed by atoms with Gasteiger partial charge in [0.25, 0.3) is 5.91 Å². The number of amides is 1. The molecule has 2 N–H and O–H groups in total. The van der Waals surface area contributed by atoms with Crippen LogP contribution in [0.15, 0.2) is 29.2 Å². The summed E-state index contributed by atoms with van der Waals surface area (Å²) in [6.07, 6.45) is 1.96. The Labute approximate surface area is 138 Å². The summed E-state index contributed by atoms with van der Waals surface area (Å²) in [5.74, 6) is -0.233. The molecular weight excluding hydrogens is 314 g/mol. The first-order valence-corrected chi connectivity index (χ1v) is 9.36. The lowest BCUT2D eigenvalue weighted by molar-refractivity contribution is 0.0930. The molecule has 6 nitrogen and oxygen atoms in total. The summed E-state index contributed by atoms with van der Waals surface area (Å²) >= 11 is 0. The van der Waals surface area contributed by atoms with E-state index in [1.54, 1.807) is 19.2 Å². The number of carbonyl (C=O) groups is 1. The average molecular weight is 339 g/mol. The number of hydrogen-bond donors (Lipinski definition) is 2. The minimum atomic E-state index is -3.59. The second kappa shape index (κ2) is 7.42. The second-order valence-electron chi connectivity index (χ2n) is 6.16. The second-order valence-corrected chi connectivity index (χ2v) is 8.16. The topological polar surface area (TPSA) is 78.5 Å². The number of rotatable bonds is 5. The zero-order valence-electron chi connectivity index (χ0n) is 13.9. The quantitative estimate of drug-likeness (QED) is 0.845. The number of hydrogen-bond acceptors (Lipinski definition) is 4. The smallest absolute Gasteiger partial charge is 0.251 e. The van der Waals surface area contributed by atoms with Crippen molar-refractivity contribution in [3.8, 4) is 0 Å². The van der Waals surface area contributed by atoms with Gasteiger partial charge in [0.2, 0.25) is 10.0 Å². The summed E-state index contributed by atoms with van der Waals surface area (Å²) in [7, 11) is -2.04. The van der Waals surface area contributed by atoms with Crippen LogP contribution in [0.1, 0.15) is 37.0 Å². The minimum Gasteiger partial charge on any atom is -0.348 e. The molecule has 2 rings (SSSR count). The molecule has 0 aliphatic carbocycles. The molecule has 1 saturated heterocycles. The van der Waals surface area contributed by atoms with Crippen molar-refractivity contribution in [1.82, 2.24) is 14.9 Å². The van der Waals surface area contributed by atoms with E-state index in [2.05, 4.69) is 10.6 Å². The first-order valence-electron chi connectivity index (χ1n) is 7.92. The maximum atomic E-state index is 12.5. The van der Waals surface area contributed by atoms with E-state index in [9.17, 15) is 13.2 Å². The highest BCUT2D eigenvalue weighted by molar-refractivity contribution is 7.89. The third-order valence-electron chi connectivity index (χ3n) is 4.13. The maximum absolute atomic E-state index is 12.5. The molecule has 1 unspecified atom stereocenters. The van der Waals surface area contributed by atoms with Crippen molar-refractivity contribution in [1.29, 1.82) is 0 Å². The minimum absolute atomic E-state index is 0.0925. The van der Waals surface area contributed by atoms with Gasteiger partial charge in [-0.1, -0.05) is 6.07 Å². The zero-order valence-corrected chi connectivity index (χ0v) is 14.7. The van der Waals surface area contributed by atoms with Crippen molar-refractivity contribution >= 4 is 15.9 Å². The van der Waals surface area contributed by atoms with Crippen LogP contribution >= 0.6 is 0 Å². The van der Waals surface area contributed by atoms with Crippen molar-refractivity contribution in [3.05, 3.63) is 29.8 Å². The molecule has 128 valence electrons. The number of nitrogens with one attached hydrogen (secondary N) is 2. The molecule has 23 heavy (non-hydrogen) atoms. The Morgan fingerprint density at radius 1 is 1.39 bits per heavy atom. The van der Waals surface area contributed by atoms with Gasteiger partial charge in [0.1, 0.15) is 0 Å². The lowest BCUT2D eigenvalue weighted by Crippen LogP contribution is -2.45. The Balaban J connectivity index is 2.17. The fourth-order valence-corrected chi connectivity index (χ4v) is 3.90. The predicted molar refractivity (Wildman–Crippen MR) is 89.9 cm³/mol. The van der Waals surface area contributed by atoms with Crippen molar-refractivity contribution in [2.45, 2.75) is 43.7 Å². The van der Waals surface area contributed by atoms with Crippen molar-refractivity contribution in [3.63, 3.8) is 0 Å². The third-order valence-corrected chi connectivity index (χ3v) is 6.16. The Kier molecular flexibility index (Phi) is 5.78. The Bertz CT molecular complexity index is 652. The average Bonchev–Trinajstić information content (AvgIpc) is 2.55. The number of benzene rings is 1. The summed E-state index contributed by atoms with van der Waals surface area (Å²) in [5, 5.41) is 6.19. The zero-order chi connectivity index (χ0) is 17.0. The molecule has 0 saturated carbocycles. The van der Waals surface area contributed by atoms with E-state index >= 15 is 0 Å². The van der Waals surface area contributed by atoms with Gasteiger partial charge in [0, 0.05) is 31.2 Å². The molecule has 1 aromatic rings. The molecule has 0 bridgehead atoms. The summed E-state index contributed by atoms with van der Waals surface area (Å²) in [6, 6.07) is 6.16. The predicted octanol–water partition coefficient (Wildman–Crippen LogP) is 1.20. The molecule has 1 amide bonds. The van der Waals surface area contributed by atoms with Gasteiger partial charge in [-0.2, -0.15) is 4.31 Å². The number of sulfonamides is 1. The fourth-order valence-electron chi connectivity index (χ4n) is 2.49. The van der Waals surface area contributed by atoms with Crippen LogP contribution in [0.4, 0.5) is 0 Å². The molecular formula is C16H25N3O3S. The molecule has 1 aromatic carbocycles. The standard InChI is InChI=1S/C16H25N3O3S/c1-12(2)19(3)23(21,22)15-8-4-6-13(10-15)16(20)18-14-7-5-9-17-11-14/h4,6,8,10,12,14,17H,5,7,9,11H2,1-3H3,(H,18,20). The van der Waals surface area contributed by atoms with Gasteiger partial charge in [0.05, 0.1) is 4.90 Å². The largest absolute Gasteiger partial charge is 0.348 e. The van der Waals surface area contributed by atoms with Gasteiger partial charge in [-0.25, -0.2) is 8.42 Å². The van der Waals surface area contributed by atoms with E-state index in [-0.39, 0.29) is 22.9 Å². The number of nitrogens with zero attached hydrogens (tertiary/aromatic N) is 1. The van der Waals surface area contributed by atoms with E-state index in [1.165, 1.54) is 16.4 Å². The molecule has 0 spiro atoms. The highest BCUT2D eigenvalue weighted by atomic mass is 32.2. The van der Waals surface area contributed by atoms with E-state index < -0.39 is 10.0 Å². The van der Waals surface area contributed by atoms with E-state index in [0.29, 0.717) is 5.56 Å². The van der Waals surface area contributed by atoms with Crippen LogP contribution in [0.25, 0.3) is 0 Å². The molecule has 1 atom stereocenters. The third kappa shape index (κ3) is 4.31. The van der Waals surface area contributed by atoms with Gasteiger partial charge >= 0.3 is 0 Å².